The summed E-state index contributed by atoms with van der Waals surface area (Å²) >= 11 is 0. The van der Waals surface area contributed by atoms with Gasteiger partial charge in [0.1, 0.15) is 0 Å². The number of benzene rings is 3. The molecule has 160 valence electrons. The fourth-order valence-corrected chi connectivity index (χ4v) is 4.94. The number of hydrogen-bond acceptors (Lipinski definition) is 3. The second kappa shape index (κ2) is 8.18. The molecule has 1 amide bonds. The third-order valence-corrected chi connectivity index (χ3v) is 6.47. The fraction of sp³-hybridized carbons (Fsp3) is 0.333. The number of hydrogen-bond donors (Lipinski definition) is 1. The second-order valence-electron chi connectivity index (χ2n) is 9.19. The molecule has 1 aliphatic rings. The van der Waals surface area contributed by atoms with Gasteiger partial charge in [-0.25, -0.2) is 5.43 Å². The van der Waals surface area contributed by atoms with Crippen LogP contribution in [0.2, 0.25) is 0 Å². The van der Waals surface area contributed by atoms with Crippen LogP contribution >= 0.6 is 0 Å². The van der Waals surface area contributed by atoms with E-state index in [0.29, 0.717) is 11.5 Å². The van der Waals surface area contributed by atoms with Gasteiger partial charge in [0.25, 0.3) is 5.91 Å². The monoisotopic (exact) mass is 413 g/mol. The Bertz CT molecular complexity index is 1160. The summed E-state index contributed by atoms with van der Waals surface area (Å²) in [4.78, 5) is 15.1. The first kappa shape index (κ1) is 21.1. The summed E-state index contributed by atoms with van der Waals surface area (Å²) < 4.78 is 0. The Balaban J connectivity index is 1.55. The van der Waals surface area contributed by atoms with Crippen molar-refractivity contribution in [3.63, 3.8) is 0 Å². The Hall–Kier alpha value is -3.14. The van der Waals surface area contributed by atoms with E-state index in [0.717, 1.165) is 34.9 Å². The molecule has 0 aliphatic carbocycles. The second-order valence-corrected chi connectivity index (χ2v) is 9.19. The topological polar surface area (TPSA) is 44.7 Å². The minimum atomic E-state index is -0.204. The van der Waals surface area contributed by atoms with Crippen molar-refractivity contribution in [2.75, 3.05) is 11.4 Å². The Morgan fingerprint density at radius 2 is 1.90 bits per heavy atom. The number of hydrazone groups is 1. The molecule has 1 N–H and O–H groups in total. The van der Waals surface area contributed by atoms with Gasteiger partial charge in [-0.15, -0.1) is 0 Å². The van der Waals surface area contributed by atoms with Gasteiger partial charge < -0.3 is 4.90 Å². The van der Waals surface area contributed by atoms with Crippen molar-refractivity contribution in [2.24, 2.45) is 5.10 Å². The van der Waals surface area contributed by atoms with Gasteiger partial charge in [0.2, 0.25) is 0 Å². The van der Waals surface area contributed by atoms with Gasteiger partial charge in [0.15, 0.2) is 0 Å². The van der Waals surface area contributed by atoms with Crippen LogP contribution in [-0.4, -0.2) is 24.2 Å². The molecule has 0 saturated carbocycles. The predicted molar refractivity (Wildman–Crippen MR) is 130 cm³/mol. The molecule has 4 heteroatoms. The highest BCUT2D eigenvalue weighted by atomic mass is 16.2. The maximum absolute atomic E-state index is 12.6. The molecule has 0 fully saturated rings. The number of nitrogens with zero attached hydrogens (tertiary/aromatic N) is 2. The molecular formula is C27H31N3O. The van der Waals surface area contributed by atoms with Crippen molar-refractivity contribution in [3.8, 4) is 0 Å². The number of carbonyl (C=O) groups excluding carboxylic acids is 1. The number of fused-ring (bicyclic) bond motifs is 2. The molecule has 3 aromatic rings. The number of aryl methyl sites for hydroxylation is 1. The standard InChI is InChI=1S/C27H31N3O/c1-6-30-25-13-18(2)23(15-24(25)19(3)16-27(30,4)5)17-28-29-26(31)22-12-11-20-9-7-8-10-21(20)14-22/h7-15,17,19H,6,16H2,1-5H3,(H,29,31)/b28-17+. The Labute approximate surface area is 185 Å². The summed E-state index contributed by atoms with van der Waals surface area (Å²) in [5, 5.41) is 6.42. The minimum Gasteiger partial charge on any atom is -0.366 e. The summed E-state index contributed by atoms with van der Waals surface area (Å²) in [6.07, 6.45) is 2.88. The predicted octanol–water partition coefficient (Wildman–Crippen LogP) is 6.02. The van der Waals surface area contributed by atoms with E-state index in [2.05, 4.69) is 62.2 Å². The van der Waals surface area contributed by atoms with Gasteiger partial charge in [0, 0.05) is 23.3 Å². The molecule has 4 rings (SSSR count). The normalized spacial score (nSPS) is 17.7. The van der Waals surface area contributed by atoms with Crippen LogP contribution < -0.4 is 10.3 Å². The summed E-state index contributed by atoms with van der Waals surface area (Å²) in [5.74, 6) is 0.276. The number of anilines is 1. The molecule has 3 aromatic carbocycles. The molecule has 31 heavy (non-hydrogen) atoms. The molecule has 1 atom stereocenters. The van der Waals surface area contributed by atoms with Gasteiger partial charge in [-0.2, -0.15) is 5.10 Å². The van der Waals surface area contributed by atoms with Crippen LogP contribution in [0.5, 0.6) is 0 Å². The van der Waals surface area contributed by atoms with Crippen LogP contribution in [0, 0.1) is 6.92 Å². The lowest BCUT2D eigenvalue weighted by Gasteiger charge is -2.47. The van der Waals surface area contributed by atoms with Crippen molar-refractivity contribution in [3.05, 3.63) is 76.9 Å². The van der Waals surface area contributed by atoms with Crippen molar-refractivity contribution >= 4 is 28.6 Å². The first-order valence-corrected chi connectivity index (χ1v) is 11.0. The van der Waals surface area contributed by atoms with Crippen molar-refractivity contribution in [2.45, 2.75) is 52.5 Å². The average molecular weight is 414 g/mol. The highest BCUT2D eigenvalue weighted by Crippen LogP contribution is 2.43. The van der Waals surface area contributed by atoms with Crippen LogP contribution in [0.25, 0.3) is 10.8 Å². The van der Waals surface area contributed by atoms with E-state index < -0.39 is 0 Å². The smallest absolute Gasteiger partial charge is 0.271 e. The molecule has 1 heterocycles. The fourth-order valence-electron chi connectivity index (χ4n) is 4.94. The lowest BCUT2D eigenvalue weighted by molar-refractivity contribution is 0.0955. The maximum atomic E-state index is 12.6. The molecule has 0 aromatic heterocycles. The highest BCUT2D eigenvalue weighted by molar-refractivity contribution is 5.99. The Morgan fingerprint density at radius 3 is 2.65 bits per heavy atom. The first-order valence-electron chi connectivity index (χ1n) is 11.0. The number of carbonyl (C=O) groups is 1. The van der Waals surface area contributed by atoms with E-state index in [1.165, 1.54) is 11.3 Å². The molecule has 0 saturated heterocycles. The van der Waals surface area contributed by atoms with E-state index in [1.807, 2.05) is 42.5 Å². The quantitative estimate of drug-likeness (QED) is 0.420. The van der Waals surface area contributed by atoms with Gasteiger partial charge in [0.05, 0.1) is 6.21 Å². The average Bonchev–Trinajstić information content (AvgIpc) is 2.73. The molecule has 0 bridgehead atoms. The van der Waals surface area contributed by atoms with E-state index in [4.69, 9.17) is 0 Å². The zero-order valence-electron chi connectivity index (χ0n) is 19.1. The van der Waals surface area contributed by atoms with E-state index >= 15 is 0 Å². The molecule has 1 aliphatic heterocycles. The van der Waals surface area contributed by atoms with Crippen molar-refractivity contribution in [1.29, 1.82) is 0 Å². The van der Waals surface area contributed by atoms with Gasteiger partial charge >= 0.3 is 0 Å². The third-order valence-electron chi connectivity index (χ3n) is 6.47. The summed E-state index contributed by atoms with van der Waals surface area (Å²) in [6, 6.07) is 18.2. The molecule has 1 unspecified atom stereocenters. The number of rotatable bonds is 4. The molecule has 0 spiro atoms. The Morgan fingerprint density at radius 1 is 1.16 bits per heavy atom. The van der Waals surface area contributed by atoms with Crippen LogP contribution in [-0.2, 0) is 0 Å². The van der Waals surface area contributed by atoms with E-state index in [1.54, 1.807) is 6.21 Å². The lowest BCUT2D eigenvalue weighted by Crippen LogP contribution is -2.48. The van der Waals surface area contributed by atoms with Crippen LogP contribution in [0.1, 0.15) is 67.1 Å². The van der Waals surface area contributed by atoms with Gasteiger partial charge in [-0.3, -0.25) is 4.79 Å². The minimum absolute atomic E-state index is 0.150. The lowest BCUT2D eigenvalue weighted by atomic mass is 9.79. The maximum Gasteiger partial charge on any atom is 0.271 e. The van der Waals surface area contributed by atoms with Crippen molar-refractivity contribution in [1.82, 2.24) is 5.43 Å². The Kier molecular flexibility index (Phi) is 5.57. The van der Waals surface area contributed by atoms with Crippen molar-refractivity contribution < 1.29 is 4.79 Å². The molecular weight excluding hydrogens is 382 g/mol. The van der Waals surface area contributed by atoms with Gasteiger partial charge in [-0.05, 0) is 91.8 Å². The van der Waals surface area contributed by atoms with Gasteiger partial charge in [-0.1, -0.05) is 37.3 Å². The van der Waals surface area contributed by atoms with Crippen LogP contribution in [0.15, 0.2) is 59.7 Å². The zero-order chi connectivity index (χ0) is 22.2. The summed E-state index contributed by atoms with van der Waals surface area (Å²) in [5.41, 5.74) is 8.31. The number of nitrogens with one attached hydrogen (secondary N) is 1. The molecule has 4 nitrogen and oxygen atoms in total. The third kappa shape index (κ3) is 4.07. The highest BCUT2D eigenvalue weighted by Gasteiger charge is 2.35. The largest absolute Gasteiger partial charge is 0.366 e. The zero-order valence-corrected chi connectivity index (χ0v) is 19.1. The van der Waals surface area contributed by atoms with Crippen LogP contribution in [0.4, 0.5) is 5.69 Å². The SMILES string of the molecule is CCN1c2cc(C)c(/C=N/NC(=O)c3ccc4ccccc4c3)cc2C(C)CC1(C)C. The van der Waals surface area contributed by atoms with E-state index in [9.17, 15) is 4.79 Å². The summed E-state index contributed by atoms with van der Waals surface area (Å²) in [6.45, 7) is 12.3. The summed E-state index contributed by atoms with van der Waals surface area (Å²) in [7, 11) is 0. The van der Waals surface area contributed by atoms with E-state index in [-0.39, 0.29) is 11.4 Å². The molecule has 0 radical (unpaired) electrons. The first-order chi connectivity index (χ1) is 14.8. The number of amides is 1. The van der Waals surface area contributed by atoms with Crippen LogP contribution in [0.3, 0.4) is 0 Å².